The summed E-state index contributed by atoms with van der Waals surface area (Å²) in [5.74, 6) is 1.46. The van der Waals surface area contributed by atoms with E-state index in [-0.39, 0.29) is 6.10 Å². The van der Waals surface area contributed by atoms with Crippen LogP contribution >= 0.6 is 0 Å². The summed E-state index contributed by atoms with van der Waals surface area (Å²) in [4.78, 5) is 9.17. The molecule has 0 amide bonds. The van der Waals surface area contributed by atoms with Gasteiger partial charge in [-0.25, -0.2) is 9.97 Å². The van der Waals surface area contributed by atoms with Crippen molar-refractivity contribution in [3.05, 3.63) is 23.3 Å². The van der Waals surface area contributed by atoms with Gasteiger partial charge in [0.2, 0.25) is 0 Å². The second-order valence-electron chi connectivity index (χ2n) is 5.39. The summed E-state index contributed by atoms with van der Waals surface area (Å²) in [5, 5.41) is 3.39. The number of nitrogens with zero attached hydrogens (tertiary/aromatic N) is 2. The molecule has 0 aromatic carbocycles. The molecule has 1 N–H and O–H groups in total. The Morgan fingerprint density at radius 2 is 2.11 bits per heavy atom. The molecule has 18 heavy (non-hydrogen) atoms. The standard InChI is InChI=1S/C14H23N3O/c1-9(2)15-8-12-7-10(3)16-14(17-12)13(18-4)11-5-6-11/h7,9,11,13,15H,5-6,8H2,1-4H3. The molecule has 1 aromatic heterocycles. The monoisotopic (exact) mass is 249 g/mol. The smallest absolute Gasteiger partial charge is 0.157 e. The van der Waals surface area contributed by atoms with Crippen molar-refractivity contribution in [3.63, 3.8) is 0 Å². The molecular formula is C14H23N3O. The molecule has 4 heteroatoms. The maximum Gasteiger partial charge on any atom is 0.157 e. The third-order valence-electron chi connectivity index (χ3n) is 3.17. The molecule has 0 aliphatic heterocycles. The van der Waals surface area contributed by atoms with Gasteiger partial charge in [0.05, 0.1) is 5.69 Å². The molecule has 1 aliphatic carbocycles. The Labute approximate surface area is 109 Å². The molecule has 1 heterocycles. The van der Waals surface area contributed by atoms with E-state index in [1.165, 1.54) is 12.8 Å². The van der Waals surface area contributed by atoms with E-state index < -0.39 is 0 Å². The molecule has 2 rings (SSSR count). The molecule has 0 saturated heterocycles. The normalized spacial score (nSPS) is 17.2. The van der Waals surface area contributed by atoms with Crippen molar-refractivity contribution < 1.29 is 4.74 Å². The van der Waals surface area contributed by atoms with Crippen LogP contribution in [0.4, 0.5) is 0 Å². The van der Waals surface area contributed by atoms with E-state index in [4.69, 9.17) is 4.74 Å². The Balaban J connectivity index is 2.14. The van der Waals surface area contributed by atoms with E-state index in [1.54, 1.807) is 7.11 Å². The fraction of sp³-hybridized carbons (Fsp3) is 0.714. The lowest BCUT2D eigenvalue weighted by atomic mass is 10.2. The van der Waals surface area contributed by atoms with Crippen LogP contribution in [0.15, 0.2) is 6.07 Å². The van der Waals surface area contributed by atoms with E-state index in [9.17, 15) is 0 Å². The zero-order chi connectivity index (χ0) is 13.1. The van der Waals surface area contributed by atoms with Crippen molar-refractivity contribution in [2.75, 3.05) is 7.11 Å². The van der Waals surface area contributed by atoms with Crippen molar-refractivity contribution in [3.8, 4) is 0 Å². The average molecular weight is 249 g/mol. The highest BCUT2D eigenvalue weighted by Crippen LogP contribution is 2.41. The zero-order valence-corrected chi connectivity index (χ0v) is 11.7. The maximum atomic E-state index is 5.55. The van der Waals surface area contributed by atoms with Crippen LogP contribution in [0.1, 0.15) is 50.0 Å². The Bertz CT molecular complexity index is 402. The van der Waals surface area contributed by atoms with Gasteiger partial charge in [0.1, 0.15) is 6.10 Å². The second kappa shape index (κ2) is 5.76. The molecule has 1 fully saturated rings. The van der Waals surface area contributed by atoms with Gasteiger partial charge < -0.3 is 10.1 Å². The minimum atomic E-state index is 0.0719. The summed E-state index contributed by atoms with van der Waals surface area (Å²) in [5.41, 5.74) is 2.07. The minimum absolute atomic E-state index is 0.0719. The van der Waals surface area contributed by atoms with Crippen LogP contribution in [-0.4, -0.2) is 23.1 Å². The van der Waals surface area contributed by atoms with E-state index in [2.05, 4.69) is 29.1 Å². The van der Waals surface area contributed by atoms with E-state index in [1.807, 2.05) is 13.0 Å². The van der Waals surface area contributed by atoms with Crippen LogP contribution in [0.3, 0.4) is 0 Å². The number of aromatic nitrogens is 2. The SMILES string of the molecule is COC(c1nc(C)cc(CNC(C)C)n1)C1CC1. The number of rotatable bonds is 6. The molecule has 1 saturated carbocycles. The van der Waals surface area contributed by atoms with Gasteiger partial charge >= 0.3 is 0 Å². The number of nitrogens with one attached hydrogen (secondary N) is 1. The van der Waals surface area contributed by atoms with Crippen molar-refractivity contribution in [1.82, 2.24) is 15.3 Å². The number of hydrogen-bond acceptors (Lipinski definition) is 4. The summed E-state index contributed by atoms with van der Waals surface area (Å²) in [6, 6.07) is 2.50. The van der Waals surface area contributed by atoms with E-state index >= 15 is 0 Å². The highest BCUT2D eigenvalue weighted by Gasteiger charge is 2.34. The topological polar surface area (TPSA) is 47.0 Å². The van der Waals surface area contributed by atoms with Gasteiger partial charge in [-0.05, 0) is 31.7 Å². The number of aryl methyl sites for hydroxylation is 1. The number of hydrogen-bond donors (Lipinski definition) is 1. The van der Waals surface area contributed by atoms with Crippen LogP contribution < -0.4 is 5.32 Å². The molecule has 1 unspecified atom stereocenters. The Morgan fingerprint density at radius 1 is 1.39 bits per heavy atom. The number of ether oxygens (including phenoxy) is 1. The fourth-order valence-electron chi connectivity index (χ4n) is 2.09. The molecule has 1 aliphatic rings. The predicted octanol–water partition coefficient (Wildman–Crippen LogP) is 2.38. The summed E-state index contributed by atoms with van der Waals surface area (Å²) >= 11 is 0. The zero-order valence-electron chi connectivity index (χ0n) is 11.7. The molecular weight excluding hydrogens is 226 g/mol. The fourth-order valence-corrected chi connectivity index (χ4v) is 2.09. The van der Waals surface area contributed by atoms with Gasteiger partial charge in [0.15, 0.2) is 5.82 Å². The second-order valence-corrected chi connectivity index (χ2v) is 5.39. The first kappa shape index (κ1) is 13.4. The number of methoxy groups -OCH3 is 1. The van der Waals surface area contributed by atoms with Gasteiger partial charge in [-0.3, -0.25) is 0 Å². The summed E-state index contributed by atoms with van der Waals surface area (Å²) in [6.07, 6.45) is 2.54. The van der Waals surface area contributed by atoms with Crippen molar-refractivity contribution in [2.45, 2.75) is 52.3 Å². The lowest BCUT2D eigenvalue weighted by Crippen LogP contribution is -2.23. The third kappa shape index (κ3) is 3.50. The first-order valence-electron chi connectivity index (χ1n) is 6.70. The molecule has 1 atom stereocenters. The van der Waals surface area contributed by atoms with Gasteiger partial charge in [-0.2, -0.15) is 0 Å². The van der Waals surface area contributed by atoms with Crippen LogP contribution in [0, 0.1) is 12.8 Å². The van der Waals surface area contributed by atoms with Gasteiger partial charge in [-0.15, -0.1) is 0 Å². The van der Waals surface area contributed by atoms with Crippen molar-refractivity contribution >= 4 is 0 Å². The quantitative estimate of drug-likeness (QED) is 0.841. The molecule has 100 valence electrons. The largest absolute Gasteiger partial charge is 0.373 e. The Hall–Kier alpha value is -1.00. The molecule has 4 nitrogen and oxygen atoms in total. The predicted molar refractivity (Wildman–Crippen MR) is 71.2 cm³/mol. The maximum absolute atomic E-state index is 5.55. The van der Waals surface area contributed by atoms with Crippen molar-refractivity contribution in [1.29, 1.82) is 0 Å². The van der Waals surface area contributed by atoms with Gasteiger partial charge in [0, 0.05) is 25.4 Å². The first-order chi connectivity index (χ1) is 8.60. The lowest BCUT2D eigenvalue weighted by molar-refractivity contribution is 0.0768. The van der Waals surface area contributed by atoms with Crippen LogP contribution in [0.5, 0.6) is 0 Å². The van der Waals surface area contributed by atoms with Crippen molar-refractivity contribution in [2.24, 2.45) is 5.92 Å². The first-order valence-corrected chi connectivity index (χ1v) is 6.70. The van der Waals surface area contributed by atoms with E-state index in [0.29, 0.717) is 12.0 Å². The average Bonchev–Trinajstić information content (AvgIpc) is 3.11. The van der Waals surface area contributed by atoms with Crippen LogP contribution in [0.2, 0.25) is 0 Å². The third-order valence-corrected chi connectivity index (χ3v) is 3.17. The summed E-state index contributed by atoms with van der Waals surface area (Å²) < 4.78 is 5.55. The van der Waals surface area contributed by atoms with Gasteiger partial charge in [-0.1, -0.05) is 13.8 Å². The molecule has 0 radical (unpaired) electrons. The summed E-state index contributed by atoms with van der Waals surface area (Å²) in [7, 11) is 1.75. The lowest BCUT2D eigenvalue weighted by Gasteiger charge is -2.15. The van der Waals surface area contributed by atoms with E-state index in [0.717, 1.165) is 23.8 Å². The highest BCUT2D eigenvalue weighted by atomic mass is 16.5. The highest BCUT2D eigenvalue weighted by molar-refractivity contribution is 5.12. The Kier molecular flexibility index (Phi) is 4.30. The minimum Gasteiger partial charge on any atom is -0.373 e. The van der Waals surface area contributed by atoms with Gasteiger partial charge in [0.25, 0.3) is 0 Å². The molecule has 0 bridgehead atoms. The summed E-state index contributed by atoms with van der Waals surface area (Å²) in [6.45, 7) is 7.08. The molecule has 1 aromatic rings. The van der Waals surface area contributed by atoms with Crippen LogP contribution in [-0.2, 0) is 11.3 Å². The molecule has 0 spiro atoms. The van der Waals surface area contributed by atoms with Crippen LogP contribution in [0.25, 0.3) is 0 Å². The Morgan fingerprint density at radius 3 is 2.67 bits per heavy atom.